The molecule has 5 rings (SSSR count). The smallest absolute Gasteiger partial charge is 0.365 e. The van der Waals surface area contributed by atoms with E-state index in [0.29, 0.717) is 24.9 Å². The maximum Gasteiger partial charge on any atom is 0.501 e. The predicted molar refractivity (Wildman–Crippen MR) is 136 cm³/mol. The van der Waals surface area contributed by atoms with Crippen molar-refractivity contribution in [2.45, 2.75) is 73.5 Å². The van der Waals surface area contributed by atoms with E-state index in [0.717, 1.165) is 42.5 Å². The Morgan fingerprint density at radius 2 is 1.77 bits per heavy atom. The van der Waals surface area contributed by atoms with Crippen molar-refractivity contribution < 1.29 is 26.4 Å². The predicted octanol–water partition coefficient (Wildman–Crippen LogP) is 4.37. The fourth-order valence-electron chi connectivity index (χ4n) is 5.95. The number of halogens is 3. The number of carbonyl (C=O) groups is 1. The van der Waals surface area contributed by atoms with Crippen LogP contribution in [0.15, 0.2) is 35.4 Å². The summed E-state index contributed by atoms with van der Waals surface area (Å²) < 4.78 is 63.4. The number of anilines is 2. The highest BCUT2D eigenvalue weighted by atomic mass is 32.2. The summed E-state index contributed by atoms with van der Waals surface area (Å²) in [5.74, 6) is 0.513. The SMILES string of the molecule is CN(C(C1CC1)C1CC1)[C@@H]1CC[C@H](n2cc(C(N)=O)c(Nc3ccc(S(=O)(=O)C(F)(F)F)cc3)n2)[C@@H](C#N)C1. The van der Waals surface area contributed by atoms with E-state index in [1.807, 2.05) is 0 Å². The van der Waals surface area contributed by atoms with Gasteiger partial charge in [0.05, 0.1) is 22.9 Å². The fourth-order valence-corrected chi connectivity index (χ4v) is 6.71. The number of benzene rings is 1. The topological polar surface area (TPSA) is 134 Å². The van der Waals surface area contributed by atoms with Crippen molar-refractivity contribution in [2.24, 2.45) is 23.5 Å². The zero-order valence-corrected chi connectivity index (χ0v) is 22.3. The summed E-state index contributed by atoms with van der Waals surface area (Å²) >= 11 is 0. The second-order valence-corrected chi connectivity index (χ2v) is 12.9. The van der Waals surface area contributed by atoms with Crippen molar-refractivity contribution >= 4 is 27.2 Å². The zero-order chi connectivity index (χ0) is 28.1. The number of aromatic nitrogens is 2. The Morgan fingerprint density at radius 3 is 2.28 bits per heavy atom. The van der Waals surface area contributed by atoms with E-state index in [-0.39, 0.29) is 29.0 Å². The number of nitrogens with two attached hydrogens (primary N) is 1. The van der Waals surface area contributed by atoms with Gasteiger partial charge in [-0.3, -0.25) is 14.4 Å². The number of nitrogens with zero attached hydrogens (tertiary/aromatic N) is 4. The second-order valence-electron chi connectivity index (χ2n) is 10.9. The van der Waals surface area contributed by atoms with Crippen LogP contribution in [0, 0.1) is 29.1 Å². The first-order valence-corrected chi connectivity index (χ1v) is 14.6. The minimum atomic E-state index is -5.48. The van der Waals surface area contributed by atoms with Crippen LogP contribution in [0.3, 0.4) is 0 Å². The number of hydrogen-bond donors (Lipinski definition) is 2. The van der Waals surface area contributed by atoms with Gasteiger partial charge in [0.1, 0.15) is 5.56 Å². The molecule has 0 saturated heterocycles. The number of nitriles is 1. The van der Waals surface area contributed by atoms with E-state index < -0.39 is 26.1 Å². The molecule has 13 heteroatoms. The Labute approximate surface area is 225 Å². The largest absolute Gasteiger partial charge is 0.501 e. The van der Waals surface area contributed by atoms with Gasteiger partial charge in [0, 0.05) is 24.0 Å². The summed E-state index contributed by atoms with van der Waals surface area (Å²) in [5.41, 5.74) is 0.423. The lowest BCUT2D eigenvalue weighted by atomic mass is 9.81. The van der Waals surface area contributed by atoms with E-state index in [4.69, 9.17) is 5.73 Å². The number of sulfone groups is 1. The normalized spacial score (nSPS) is 24.1. The van der Waals surface area contributed by atoms with Crippen LogP contribution in [0.25, 0.3) is 0 Å². The minimum Gasteiger partial charge on any atom is -0.365 e. The molecular weight excluding hydrogens is 533 g/mol. The summed E-state index contributed by atoms with van der Waals surface area (Å²) in [7, 11) is -3.29. The van der Waals surface area contributed by atoms with Crippen LogP contribution < -0.4 is 11.1 Å². The van der Waals surface area contributed by atoms with Crippen molar-refractivity contribution in [1.82, 2.24) is 14.7 Å². The third-order valence-corrected chi connectivity index (χ3v) is 9.78. The molecule has 0 radical (unpaired) electrons. The molecule has 0 spiro atoms. The van der Waals surface area contributed by atoms with Crippen molar-refractivity contribution in [1.29, 1.82) is 5.26 Å². The van der Waals surface area contributed by atoms with Gasteiger partial charge < -0.3 is 11.1 Å². The lowest BCUT2D eigenvalue weighted by molar-refractivity contribution is -0.0436. The van der Waals surface area contributed by atoms with Gasteiger partial charge in [0.25, 0.3) is 15.7 Å². The van der Waals surface area contributed by atoms with Crippen LogP contribution in [0.5, 0.6) is 0 Å². The monoisotopic (exact) mass is 564 g/mol. The molecular formula is C26H31F3N6O3S. The van der Waals surface area contributed by atoms with Crippen molar-refractivity contribution in [3.8, 4) is 6.07 Å². The molecule has 3 N–H and O–H groups in total. The first-order valence-electron chi connectivity index (χ1n) is 13.1. The Bertz CT molecular complexity index is 1370. The zero-order valence-electron chi connectivity index (χ0n) is 21.4. The molecule has 3 saturated carbocycles. The molecule has 3 aliphatic carbocycles. The Hall–Kier alpha value is -3.11. The van der Waals surface area contributed by atoms with E-state index in [1.165, 1.54) is 31.9 Å². The molecule has 0 aliphatic heterocycles. The van der Waals surface area contributed by atoms with E-state index in [9.17, 15) is 31.6 Å². The average molecular weight is 565 g/mol. The molecule has 3 atom stereocenters. The Morgan fingerprint density at radius 1 is 1.15 bits per heavy atom. The van der Waals surface area contributed by atoms with E-state index in [2.05, 4.69) is 28.4 Å². The molecule has 3 fully saturated rings. The van der Waals surface area contributed by atoms with Crippen molar-refractivity contribution in [3.05, 3.63) is 36.0 Å². The van der Waals surface area contributed by atoms with Gasteiger partial charge >= 0.3 is 5.51 Å². The number of hydrogen-bond acceptors (Lipinski definition) is 7. The molecule has 210 valence electrons. The van der Waals surface area contributed by atoms with Crippen LogP contribution in [-0.4, -0.2) is 53.6 Å². The van der Waals surface area contributed by atoms with Gasteiger partial charge in [0.2, 0.25) is 0 Å². The lowest BCUT2D eigenvalue weighted by Crippen LogP contribution is -2.46. The molecule has 0 unspecified atom stereocenters. The average Bonchev–Trinajstić information content (AvgIpc) is 3.83. The number of nitrogens with one attached hydrogen (secondary N) is 1. The standard InChI is InChI=1S/C26H31F3N6O3S/c1-34(23(15-2-3-15)16-4-5-16)19-8-11-22(17(12-19)13-30)35-14-21(24(31)36)25(33-35)32-18-6-9-20(10-7-18)39(37,38)26(27,28)29/h6-7,9-10,14-17,19,22-23H,2-5,8,11-12H2,1H3,(H2,31,36)(H,32,33)/t17-,19-,22+/m1/s1. The van der Waals surface area contributed by atoms with Gasteiger partial charge in [-0.25, -0.2) is 8.42 Å². The molecule has 1 amide bonds. The third-order valence-electron chi connectivity index (χ3n) is 8.28. The second kappa shape index (κ2) is 10.1. The molecule has 2 aromatic rings. The molecule has 3 aliphatic rings. The van der Waals surface area contributed by atoms with Crippen LogP contribution in [0.1, 0.15) is 61.3 Å². The van der Waals surface area contributed by atoms with E-state index in [1.54, 1.807) is 4.68 Å². The molecule has 1 aromatic heterocycles. The van der Waals surface area contributed by atoms with Gasteiger partial charge in [-0.05, 0) is 88.1 Å². The summed E-state index contributed by atoms with van der Waals surface area (Å²) in [6, 6.07) is 7.00. The number of primary amides is 1. The van der Waals surface area contributed by atoms with Gasteiger partial charge in [-0.2, -0.15) is 23.5 Å². The van der Waals surface area contributed by atoms with Crippen molar-refractivity contribution in [2.75, 3.05) is 12.4 Å². The summed E-state index contributed by atoms with van der Waals surface area (Å²) in [6.07, 6.45) is 8.88. The highest BCUT2D eigenvalue weighted by Gasteiger charge is 2.47. The summed E-state index contributed by atoms with van der Waals surface area (Å²) in [4.78, 5) is 13.8. The highest BCUT2D eigenvalue weighted by Crippen LogP contribution is 2.49. The van der Waals surface area contributed by atoms with Crippen LogP contribution in [0.4, 0.5) is 24.7 Å². The Balaban J connectivity index is 1.32. The van der Waals surface area contributed by atoms with Crippen molar-refractivity contribution in [3.63, 3.8) is 0 Å². The van der Waals surface area contributed by atoms with Crippen LogP contribution in [0.2, 0.25) is 0 Å². The molecule has 0 bridgehead atoms. The lowest BCUT2D eigenvalue weighted by Gasteiger charge is -2.41. The minimum absolute atomic E-state index is 0.0560. The molecule has 1 heterocycles. The molecule has 1 aromatic carbocycles. The van der Waals surface area contributed by atoms with Gasteiger partial charge in [0.15, 0.2) is 5.82 Å². The first-order chi connectivity index (χ1) is 18.4. The Kier molecular flexibility index (Phi) is 7.13. The maximum absolute atomic E-state index is 12.8. The molecule has 39 heavy (non-hydrogen) atoms. The fraction of sp³-hybridized carbons (Fsp3) is 0.577. The number of alkyl halides is 3. The van der Waals surface area contributed by atoms with Crippen LogP contribution in [-0.2, 0) is 9.84 Å². The first kappa shape index (κ1) is 27.5. The number of amides is 1. The van der Waals surface area contributed by atoms with Gasteiger partial charge in [-0.15, -0.1) is 0 Å². The van der Waals surface area contributed by atoms with Gasteiger partial charge in [-0.1, -0.05) is 0 Å². The third kappa shape index (κ3) is 5.49. The van der Waals surface area contributed by atoms with E-state index >= 15 is 0 Å². The molecule has 9 nitrogen and oxygen atoms in total. The highest BCUT2D eigenvalue weighted by molar-refractivity contribution is 7.92. The maximum atomic E-state index is 12.8. The summed E-state index contributed by atoms with van der Waals surface area (Å²) in [5, 5.41) is 17.4. The van der Waals surface area contributed by atoms with Crippen LogP contribution >= 0.6 is 0 Å². The number of rotatable bonds is 9. The number of carbonyl (C=O) groups excluding carboxylic acids is 1. The summed E-state index contributed by atoms with van der Waals surface area (Å²) in [6.45, 7) is 0. The quantitative estimate of drug-likeness (QED) is 0.462.